The van der Waals surface area contributed by atoms with Gasteiger partial charge in [0.2, 0.25) is 5.82 Å². The van der Waals surface area contributed by atoms with Crippen LogP contribution in [0.5, 0.6) is 0 Å². The highest BCUT2D eigenvalue weighted by Crippen LogP contribution is 2.20. The number of hydrogen-bond donors (Lipinski definition) is 2. The normalized spacial score (nSPS) is 14.4. The van der Waals surface area contributed by atoms with Gasteiger partial charge >= 0.3 is 0 Å². The van der Waals surface area contributed by atoms with E-state index in [0.717, 1.165) is 43.3 Å². The van der Waals surface area contributed by atoms with Crippen LogP contribution < -0.4 is 10.2 Å². The quantitative estimate of drug-likeness (QED) is 0.676. The number of nitrogens with zero attached hydrogens (tertiary/aromatic N) is 6. The molecule has 0 atom stereocenters. The van der Waals surface area contributed by atoms with Crippen molar-refractivity contribution in [2.75, 3.05) is 43.4 Å². The second kappa shape index (κ2) is 8.06. The van der Waals surface area contributed by atoms with Crippen LogP contribution in [0.2, 0.25) is 0 Å². The Hall–Kier alpha value is -3.44. The fraction of sp³-hybridized carbons (Fsp3) is 0.300. The minimum absolute atomic E-state index is 0.468. The molecule has 0 aromatic carbocycles. The minimum Gasteiger partial charge on any atom is -0.354 e. The van der Waals surface area contributed by atoms with Crippen LogP contribution in [0.4, 0.5) is 17.5 Å². The zero-order chi connectivity index (χ0) is 19.3. The van der Waals surface area contributed by atoms with E-state index in [9.17, 15) is 0 Å². The van der Waals surface area contributed by atoms with E-state index in [-0.39, 0.29) is 0 Å². The summed E-state index contributed by atoms with van der Waals surface area (Å²) in [5.74, 6) is 8.87. The summed E-state index contributed by atoms with van der Waals surface area (Å²) in [6.07, 6.45) is 3.45. The van der Waals surface area contributed by atoms with Gasteiger partial charge < -0.3 is 15.1 Å². The molecule has 0 amide bonds. The summed E-state index contributed by atoms with van der Waals surface area (Å²) < 4.78 is 0. The van der Waals surface area contributed by atoms with E-state index in [0.29, 0.717) is 17.5 Å². The van der Waals surface area contributed by atoms with E-state index < -0.39 is 0 Å². The van der Waals surface area contributed by atoms with Crippen molar-refractivity contribution in [1.29, 1.82) is 0 Å². The first-order valence-electron chi connectivity index (χ1n) is 9.19. The van der Waals surface area contributed by atoms with E-state index >= 15 is 0 Å². The number of likely N-dealkylation sites (N-methyl/N-ethyl adjacent to an activating group) is 1. The summed E-state index contributed by atoms with van der Waals surface area (Å²) >= 11 is 0. The summed E-state index contributed by atoms with van der Waals surface area (Å²) in [7, 11) is 2.13. The van der Waals surface area contributed by atoms with Gasteiger partial charge in [-0.3, -0.25) is 10.1 Å². The Bertz CT molecular complexity index is 994. The molecule has 4 rings (SSSR count). The van der Waals surface area contributed by atoms with Crippen LogP contribution in [-0.4, -0.2) is 63.3 Å². The van der Waals surface area contributed by atoms with Crippen molar-refractivity contribution in [3.8, 4) is 11.8 Å². The standard InChI is InChI=1S/C20H22N8/c1-15-12-19(26-25-15)23-18-13-20(28-10-8-27(2)9-11-28)24-17(22-18)6-5-16-4-3-7-21-14-16/h3-4,7,12-14H,8-11H2,1-2H3,(H2,22,23,24,25,26). The van der Waals surface area contributed by atoms with E-state index in [1.54, 1.807) is 12.4 Å². The second-order valence-corrected chi connectivity index (χ2v) is 6.78. The van der Waals surface area contributed by atoms with Crippen LogP contribution >= 0.6 is 0 Å². The van der Waals surface area contributed by atoms with Gasteiger partial charge in [0.1, 0.15) is 11.6 Å². The van der Waals surface area contributed by atoms with Crippen molar-refractivity contribution < 1.29 is 0 Å². The third-order valence-corrected chi connectivity index (χ3v) is 4.48. The molecule has 1 aliphatic heterocycles. The first-order chi connectivity index (χ1) is 13.7. The molecule has 3 aromatic rings. The van der Waals surface area contributed by atoms with Crippen LogP contribution in [0.3, 0.4) is 0 Å². The highest BCUT2D eigenvalue weighted by molar-refractivity contribution is 5.58. The molecule has 0 unspecified atom stereocenters. The number of anilines is 3. The maximum atomic E-state index is 4.68. The SMILES string of the molecule is Cc1cc(Nc2cc(N3CCN(C)CC3)nc(C#Cc3cccnc3)n2)n[nH]1. The molecule has 28 heavy (non-hydrogen) atoms. The lowest BCUT2D eigenvalue weighted by atomic mass is 10.3. The van der Waals surface area contributed by atoms with Crippen molar-refractivity contribution in [3.63, 3.8) is 0 Å². The smallest absolute Gasteiger partial charge is 0.209 e. The number of nitrogens with one attached hydrogen (secondary N) is 2. The zero-order valence-electron chi connectivity index (χ0n) is 16.0. The molecule has 0 radical (unpaired) electrons. The predicted octanol–water partition coefficient (Wildman–Crippen LogP) is 1.80. The average molecular weight is 374 g/mol. The number of pyridine rings is 1. The third kappa shape index (κ3) is 4.45. The Morgan fingerprint density at radius 3 is 2.64 bits per heavy atom. The van der Waals surface area contributed by atoms with E-state index in [1.165, 1.54) is 0 Å². The summed E-state index contributed by atoms with van der Waals surface area (Å²) in [5, 5.41) is 10.4. The molecule has 0 bridgehead atoms. The van der Waals surface area contributed by atoms with Crippen molar-refractivity contribution in [3.05, 3.63) is 53.7 Å². The van der Waals surface area contributed by atoms with Gasteiger partial charge in [0.05, 0.1) is 0 Å². The Kier molecular flexibility index (Phi) is 5.17. The zero-order valence-corrected chi connectivity index (χ0v) is 16.0. The van der Waals surface area contributed by atoms with Gasteiger partial charge in [0.15, 0.2) is 5.82 Å². The first kappa shape index (κ1) is 17.9. The predicted molar refractivity (Wildman–Crippen MR) is 109 cm³/mol. The van der Waals surface area contributed by atoms with Crippen molar-refractivity contribution in [2.45, 2.75) is 6.92 Å². The highest BCUT2D eigenvalue weighted by atomic mass is 15.3. The maximum absolute atomic E-state index is 4.68. The van der Waals surface area contributed by atoms with Crippen LogP contribution in [0, 0.1) is 18.8 Å². The second-order valence-electron chi connectivity index (χ2n) is 6.78. The largest absolute Gasteiger partial charge is 0.354 e. The lowest BCUT2D eigenvalue weighted by Crippen LogP contribution is -2.44. The van der Waals surface area contributed by atoms with Crippen LogP contribution in [0.1, 0.15) is 17.1 Å². The first-order valence-corrected chi connectivity index (χ1v) is 9.19. The van der Waals surface area contributed by atoms with Crippen LogP contribution in [0.15, 0.2) is 36.7 Å². The van der Waals surface area contributed by atoms with Crippen molar-refractivity contribution in [2.24, 2.45) is 0 Å². The third-order valence-electron chi connectivity index (χ3n) is 4.48. The van der Waals surface area contributed by atoms with Gasteiger partial charge in [0, 0.05) is 62.0 Å². The lowest BCUT2D eigenvalue weighted by molar-refractivity contribution is 0.312. The van der Waals surface area contributed by atoms with Crippen molar-refractivity contribution >= 4 is 17.5 Å². The number of aromatic amines is 1. The fourth-order valence-corrected chi connectivity index (χ4v) is 2.93. The summed E-state index contributed by atoms with van der Waals surface area (Å²) in [4.78, 5) is 17.9. The maximum Gasteiger partial charge on any atom is 0.209 e. The van der Waals surface area contributed by atoms with Gasteiger partial charge in [-0.15, -0.1) is 0 Å². The van der Waals surface area contributed by atoms with Gasteiger partial charge in [0.25, 0.3) is 0 Å². The van der Waals surface area contributed by atoms with Gasteiger partial charge in [-0.25, -0.2) is 9.97 Å². The number of aromatic nitrogens is 5. The fourth-order valence-electron chi connectivity index (χ4n) is 2.93. The Morgan fingerprint density at radius 1 is 1.07 bits per heavy atom. The Labute approximate surface area is 164 Å². The van der Waals surface area contributed by atoms with Crippen LogP contribution in [-0.2, 0) is 0 Å². The Morgan fingerprint density at radius 2 is 1.93 bits per heavy atom. The van der Waals surface area contributed by atoms with E-state index in [2.05, 4.69) is 59.2 Å². The molecule has 1 saturated heterocycles. The highest BCUT2D eigenvalue weighted by Gasteiger charge is 2.17. The molecule has 0 saturated carbocycles. The number of piperazine rings is 1. The molecule has 2 N–H and O–H groups in total. The summed E-state index contributed by atoms with van der Waals surface area (Å²) in [6.45, 7) is 5.80. The number of aryl methyl sites for hydroxylation is 1. The lowest BCUT2D eigenvalue weighted by Gasteiger charge is -2.33. The van der Waals surface area contributed by atoms with Crippen LogP contribution in [0.25, 0.3) is 0 Å². The topological polar surface area (TPSA) is 85.9 Å². The number of H-pyrrole nitrogens is 1. The van der Waals surface area contributed by atoms with Gasteiger partial charge in [-0.1, -0.05) is 5.92 Å². The average Bonchev–Trinajstić information content (AvgIpc) is 3.12. The number of rotatable bonds is 3. The molecule has 0 aliphatic carbocycles. The molecule has 8 nitrogen and oxygen atoms in total. The molecule has 1 fully saturated rings. The number of hydrogen-bond acceptors (Lipinski definition) is 7. The van der Waals surface area contributed by atoms with E-state index in [1.807, 2.05) is 31.2 Å². The monoisotopic (exact) mass is 374 g/mol. The van der Waals surface area contributed by atoms with Gasteiger partial charge in [-0.05, 0) is 32.0 Å². The molecule has 142 valence electrons. The Balaban J connectivity index is 1.65. The molecule has 4 heterocycles. The molecule has 3 aromatic heterocycles. The van der Waals surface area contributed by atoms with Crippen molar-refractivity contribution in [1.82, 2.24) is 30.0 Å². The summed E-state index contributed by atoms with van der Waals surface area (Å²) in [6, 6.07) is 7.65. The molecule has 0 spiro atoms. The van der Waals surface area contributed by atoms with E-state index in [4.69, 9.17) is 0 Å². The molecule has 1 aliphatic rings. The van der Waals surface area contributed by atoms with Gasteiger partial charge in [-0.2, -0.15) is 5.10 Å². The molecular weight excluding hydrogens is 352 g/mol. The summed E-state index contributed by atoms with van der Waals surface area (Å²) in [5.41, 5.74) is 1.81. The minimum atomic E-state index is 0.468. The molecular formula is C20H22N8. The molecule has 8 heteroatoms.